The average Bonchev–Trinajstić information content (AvgIpc) is 2.58. The molecule has 0 aliphatic carbocycles. The van der Waals surface area contributed by atoms with Crippen LogP contribution in [0.3, 0.4) is 0 Å². The first-order valence-electron chi connectivity index (χ1n) is 6.79. The molecule has 126 valence electrons. The Balaban J connectivity index is 2.13. The van der Waals surface area contributed by atoms with Gasteiger partial charge in [0.1, 0.15) is 29.0 Å². The standard InChI is InChI=1S/C16H10F2N4O3/c17-13-2-1-3-14(18)15(13)20-9-10(8-19)16(23)21-11-4-6-12(7-5-11)22(24)25/h1-7,9,20H,(H,21,23)/b10-9-. The van der Waals surface area contributed by atoms with Crippen LogP contribution in [0.15, 0.2) is 54.2 Å². The van der Waals surface area contributed by atoms with E-state index < -0.39 is 33.7 Å². The lowest BCUT2D eigenvalue weighted by Gasteiger charge is -2.06. The van der Waals surface area contributed by atoms with Crippen molar-refractivity contribution in [1.29, 1.82) is 5.26 Å². The SMILES string of the molecule is N#C/C(=C/Nc1c(F)cccc1F)C(=O)Nc1ccc([N+](=O)[O-])cc1. The molecule has 0 aliphatic heterocycles. The Bertz CT molecular complexity index is 869. The first-order chi connectivity index (χ1) is 11.9. The van der Waals surface area contributed by atoms with Gasteiger partial charge in [-0.1, -0.05) is 6.07 Å². The van der Waals surface area contributed by atoms with E-state index in [1.54, 1.807) is 6.07 Å². The summed E-state index contributed by atoms with van der Waals surface area (Å²) in [4.78, 5) is 22.0. The monoisotopic (exact) mass is 344 g/mol. The van der Waals surface area contributed by atoms with Gasteiger partial charge in [0.2, 0.25) is 0 Å². The number of anilines is 2. The van der Waals surface area contributed by atoms with Gasteiger partial charge in [-0.2, -0.15) is 5.26 Å². The van der Waals surface area contributed by atoms with Crippen LogP contribution in [0.25, 0.3) is 0 Å². The highest BCUT2D eigenvalue weighted by Crippen LogP contribution is 2.19. The van der Waals surface area contributed by atoms with E-state index in [0.717, 1.165) is 18.3 Å². The topological polar surface area (TPSA) is 108 Å². The Morgan fingerprint density at radius 2 is 1.76 bits per heavy atom. The predicted octanol–water partition coefficient (Wildman–Crippen LogP) is 3.33. The lowest BCUT2D eigenvalue weighted by atomic mass is 10.2. The molecule has 0 heterocycles. The number of nitriles is 1. The number of hydrogen-bond acceptors (Lipinski definition) is 5. The van der Waals surface area contributed by atoms with E-state index in [1.807, 2.05) is 0 Å². The first-order valence-corrected chi connectivity index (χ1v) is 6.79. The number of hydrogen-bond donors (Lipinski definition) is 2. The molecule has 0 unspecified atom stereocenters. The maximum Gasteiger partial charge on any atom is 0.269 e. The largest absolute Gasteiger partial charge is 0.355 e. The summed E-state index contributed by atoms with van der Waals surface area (Å²) < 4.78 is 27.0. The summed E-state index contributed by atoms with van der Waals surface area (Å²) in [6.45, 7) is 0. The van der Waals surface area contributed by atoms with Crippen LogP contribution >= 0.6 is 0 Å². The number of rotatable bonds is 5. The van der Waals surface area contributed by atoms with Crippen molar-refractivity contribution in [3.8, 4) is 6.07 Å². The summed E-state index contributed by atoms with van der Waals surface area (Å²) in [6, 6.07) is 9.73. The zero-order valence-corrected chi connectivity index (χ0v) is 12.5. The predicted molar refractivity (Wildman–Crippen MR) is 85.4 cm³/mol. The normalized spacial score (nSPS) is 10.7. The molecule has 0 aromatic heterocycles. The second kappa shape index (κ2) is 7.65. The first kappa shape index (κ1) is 17.6. The van der Waals surface area contributed by atoms with Crippen LogP contribution in [0.4, 0.5) is 25.8 Å². The summed E-state index contributed by atoms with van der Waals surface area (Å²) in [6.07, 6.45) is 0.863. The van der Waals surface area contributed by atoms with Crippen molar-refractivity contribution in [3.63, 3.8) is 0 Å². The second-order valence-electron chi connectivity index (χ2n) is 4.67. The van der Waals surface area contributed by atoms with Crippen LogP contribution in [0.2, 0.25) is 0 Å². The minimum Gasteiger partial charge on any atom is -0.355 e. The Morgan fingerprint density at radius 3 is 2.28 bits per heavy atom. The summed E-state index contributed by atoms with van der Waals surface area (Å²) in [5, 5.41) is 24.2. The van der Waals surface area contributed by atoms with Gasteiger partial charge >= 0.3 is 0 Å². The van der Waals surface area contributed by atoms with Crippen molar-refractivity contribution in [3.05, 3.63) is 76.0 Å². The fourth-order valence-corrected chi connectivity index (χ4v) is 1.79. The van der Waals surface area contributed by atoms with Gasteiger partial charge in [-0.05, 0) is 24.3 Å². The van der Waals surface area contributed by atoms with Crippen LogP contribution in [-0.2, 0) is 4.79 Å². The van der Waals surface area contributed by atoms with Crippen LogP contribution in [-0.4, -0.2) is 10.8 Å². The Hall–Kier alpha value is -3.80. The highest BCUT2D eigenvalue weighted by atomic mass is 19.1. The number of nitrogens with zero attached hydrogens (tertiary/aromatic N) is 2. The molecule has 7 nitrogen and oxygen atoms in total. The minimum atomic E-state index is -0.885. The smallest absolute Gasteiger partial charge is 0.269 e. The van der Waals surface area contributed by atoms with Crippen molar-refractivity contribution >= 4 is 23.0 Å². The van der Waals surface area contributed by atoms with E-state index in [-0.39, 0.29) is 11.4 Å². The quantitative estimate of drug-likeness (QED) is 0.374. The Kier molecular flexibility index (Phi) is 5.37. The zero-order chi connectivity index (χ0) is 18.4. The minimum absolute atomic E-state index is 0.161. The molecule has 0 bridgehead atoms. The van der Waals surface area contributed by atoms with E-state index in [4.69, 9.17) is 5.26 Å². The number of non-ortho nitro benzene ring substituents is 1. The summed E-state index contributed by atoms with van der Waals surface area (Å²) in [5.74, 6) is -2.62. The van der Waals surface area contributed by atoms with Gasteiger partial charge in [0.15, 0.2) is 0 Å². The van der Waals surface area contributed by atoms with Crippen LogP contribution in [0, 0.1) is 33.1 Å². The van der Waals surface area contributed by atoms with E-state index in [1.165, 1.54) is 30.3 Å². The summed E-state index contributed by atoms with van der Waals surface area (Å²) in [5.41, 5.74) is -0.890. The molecule has 2 aromatic rings. The van der Waals surface area contributed by atoms with Crippen LogP contribution < -0.4 is 10.6 Å². The molecule has 2 rings (SSSR count). The molecule has 2 N–H and O–H groups in total. The van der Waals surface area contributed by atoms with Gasteiger partial charge in [-0.15, -0.1) is 0 Å². The van der Waals surface area contributed by atoms with Gasteiger partial charge in [-0.25, -0.2) is 8.78 Å². The van der Waals surface area contributed by atoms with Gasteiger partial charge in [-0.3, -0.25) is 14.9 Å². The number of nitro groups is 1. The zero-order valence-electron chi connectivity index (χ0n) is 12.5. The molecule has 1 amide bonds. The third-order valence-electron chi connectivity index (χ3n) is 3.02. The number of carbonyl (C=O) groups is 1. The number of halogens is 2. The molecular weight excluding hydrogens is 334 g/mol. The second-order valence-corrected chi connectivity index (χ2v) is 4.67. The van der Waals surface area contributed by atoms with Gasteiger partial charge < -0.3 is 10.6 Å². The van der Waals surface area contributed by atoms with Crippen molar-refractivity contribution < 1.29 is 18.5 Å². The molecule has 9 heteroatoms. The van der Waals surface area contributed by atoms with Gasteiger partial charge in [0.05, 0.1) is 4.92 Å². The lowest BCUT2D eigenvalue weighted by molar-refractivity contribution is -0.384. The Labute approximate surface area is 140 Å². The summed E-state index contributed by atoms with van der Waals surface area (Å²) in [7, 11) is 0. The molecule has 0 saturated carbocycles. The van der Waals surface area contributed by atoms with Gasteiger partial charge in [0, 0.05) is 24.0 Å². The maximum atomic E-state index is 13.5. The van der Waals surface area contributed by atoms with Gasteiger partial charge in [0.25, 0.3) is 11.6 Å². The average molecular weight is 344 g/mol. The molecular formula is C16H10F2N4O3. The molecule has 0 aliphatic rings. The van der Waals surface area contributed by atoms with Crippen LogP contribution in [0.1, 0.15) is 0 Å². The molecule has 0 saturated heterocycles. The molecule has 25 heavy (non-hydrogen) atoms. The molecule has 0 radical (unpaired) electrons. The number of nitro benzene ring substituents is 1. The van der Waals surface area contributed by atoms with Crippen LogP contribution in [0.5, 0.6) is 0 Å². The number of para-hydroxylation sites is 1. The number of amides is 1. The van der Waals surface area contributed by atoms with E-state index in [9.17, 15) is 23.7 Å². The highest BCUT2D eigenvalue weighted by Gasteiger charge is 2.12. The highest BCUT2D eigenvalue weighted by molar-refractivity contribution is 6.06. The third kappa shape index (κ3) is 4.35. The van der Waals surface area contributed by atoms with E-state index in [0.29, 0.717) is 0 Å². The lowest BCUT2D eigenvalue weighted by Crippen LogP contribution is -2.14. The third-order valence-corrected chi connectivity index (χ3v) is 3.02. The number of nitrogens with one attached hydrogen (secondary N) is 2. The van der Waals surface area contributed by atoms with E-state index >= 15 is 0 Å². The number of benzene rings is 2. The molecule has 2 aromatic carbocycles. The summed E-state index contributed by atoms with van der Waals surface area (Å²) >= 11 is 0. The van der Waals surface area contributed by atoms with Crippen molar-refractivity contribution in [2.24, 2.45) is 0 Å². The van der Waals surface area contributed by atoms with E-state index in [2.05, 4.69) is 10.6 Å². The molecule has 0 fully saturated rings. The van der Waals surface area contributed by atoms with Crippen molar-refractivity contribution in [2.45, 2.75) is 0 Å². The maximum absolute atomic E-state index is 13.5. The fraction of sp³-hybridized carbons (Fsp3) is 0. The number of carbonyl (C=O) groups excluding carboxylic acids is 1. The Morgan fingerprint density at radius 1 is 1.16 bits per heavy atom. The fourth-order valence-electron chi connectivity index (χ4n) is 1.79. The molecule has 0 atom stereocenters. The van der Waals surface area contributed by atoms with Crippen molar-refractivity contribution in [2.75, 3.05) is 10.6 Å². The van der Waals surface area contributed by atoms with Crippen molar-refractivity contribution in [1.82, 2.24) is 0 Å². The molecule has 0 spiro atoms.